The van der Waals surface area contributed by atoms with Gasteiger partial charge in [-0.2, -0.15) is 0 Å². The lowest BCUT2D eigenvalue weighted by atomic mass is 9.84. The molecule has 1 fully saturated rings. The van der Waals surface area contributed by atoms with Crippen molar-refractivity contribution in [2.45, 2.75) is 32.1 Å². The van der Waals surface area contributed by atoms with Crippen LogP contribution in [0.4, 0.5) is 0 Å². The molecule has 1 aliphatic rings. The number of carbonyl (C=O) groups is 1. The number of hydrogen-bond donors (Lipinski definition) is 2. The van der Waals surface area contributed by atoms with E-state index in [1.807, 2.05) is 0 Å². The Hall–Kier alpha value is -1.51. The van der Waals surface area contributed by atoms with Gasteiger partial charge in [-0.3, -0.25) is 4.79 Å². The average Bonchev–Trinajstić information content (AvgIpc) is 2.27. The second-order valence-electron chi connectivity index (χ2n) is 4.44. The highest BCUT2D eigenvalue weighted by Crippen LogP contribution is 2.29. The fraction of sp³-hybridized carbons (Fsp3) is 0.462. The largest absolute Gasteiger partial charge is 0.504 e. The normalized spacial score (nSPS) is 21.0. The Morgan fingerprint density at radius 1 is 1.19 bits per heavy atom. The average molecular weight is 220 g/mol. The molecule has 1 aromatic carbocycles. The van der Waals surface area contributed by atoms with Gasteiger partial charge in [0.15, 0.2) is 11.5 Å². The fourth-order valence-electron chi connectivity index (χ4n) is 2.25. The zero-order valence-corrected chi connectivity index (χ0v) is 9.15. The lowest BCUT2D eigenvalue weighted by molar-refractivity contribution is -0.124. The number of Topliss-reactive ketones (excluding diaryl/α,β-unsaturated/α-hetero) is 1. The summed E-state index contributed by atoms with van der Waals surface area (Å²) < 4.78 is 0. The van der Waals surface area contributed by atoms with Crippen LogP contribution in [0.15, 0.2) is 18.2 Å². The molecular weight excluding hydrogens is 204 g/mol. The molecule has 0 unspecified atom stereocenters. The topological polar surface area (TPSA) is 57.5 Å². The van der Waals surface area contributed by atoms with Crippen LogP contribution in [-0.2, 0) is 11.2 Å². The van der Waals surface area contributed by atoms with Crippen molar-refractivity contribution in [1.29, 1.82) is 0 Å². The minimum Gasteiger partial charge on any atom is -0.504 e. The number of phenols is 2. The summed E-state index contributed by atoms with van der Waals surface area (Å²) in [5, 5.41) is 18.5. The van der Waals surface area contributed by atoms with Gasteiger partial charge in [0.25, 0.3) is 0 Å². The summed E-state index contributed by atoms with van der Waals surface area (Å²) >= 11 is 0. The van der Waals surface area contributed by atoms with Crippen molar-refractivity contribution >= 4 is 5.78 Å². The van der Waals surface area contributed by atoms with Gasteiger partial charge in [-0.1, -0.05) is 12.5 Å². The van der Waals surface area contributed by atoms with E-state index < -0.39 is 0 Å². The van der Waals surface area contributed by atoms with Crippen LogP contribution >= 0.6 is 0 Å². The Morgan fingerprint density at radius 2 is 2.00 bits per heavy atom. The second kappa shape index (κ2) is 4.56. The number of phenolic OH excluding ortho intramolecular Hbond substituents is 2. The standard InChI is InChI=1S/C13H16O3/c14-11-4-2-1-3-10(11)7-9-5-6-12(15)13(16)8-9/h5-6,8,10,15-16H,1-4,7H2/t10-/m0/s1. The van der Waals surface area contributed by atoms with E-state index in [1.54, 1.807) is 6.07 Å². The predicted molar refractivity (Wildman–Crippen MR) is 60.4 cm³/mol. The zero-order chi connectivity index (χ0) is 11.5. The monoisotopic (exact) mass is 220 g/mol. The van der Waals surface area contributed by atoms with Gasteiger partial charge in [-0.25, -0.2) is 0 Å². The van der Waals surface area contributed by atoms with Crippen LogP contribution in [0.2, 0.25) is 0 Å². The molecule has 1 aliphatic carbocycles. The lowest BCUT2D eigenvalue weighted by Gasteiger charge is -2.20. The predicted octanol–water partition coefficient (Wildman–Crippen LogP) is 2.40. The Bertz CT molecular complexity index is 398. The van der Waals surface area contributed by atoms with Gasteiger partial charge in [0.05, 0.1) is 0 Å². The third-order valence-corrected chi connectivity index (χ3v) is 3.20. The molecule has 16 heavy (non-hydrogen) atoms. The Labute approximate surface area is 94.7 Å². The highest BCUT2D eigenvalue weighted by atomic mass is 16.3. The molecule has 0 aromatic heterocycles. The molecule has 0 radical (unpaired) electrons. The molecule has 2 rings (SSSR count). The maximum Gasteiger partial charge on any atom is 0.157 e. The van der Waals surface area contributed by atoms with Crippen molar-refractivity contribution in [3.63, 3.8) is 0 Å². The first-order valence-corrected chi connectivity index (χ1v) is 5.70. The van der Waals surface area contributed by atoms with Crippen LogP contribution in [0, 0.1) is 5.92 Å². The van der Waals surface area contributed by atoms with Crippen molar-refractivity contribution in [2.24, 2.45) is 5.92 Å². The minimum absolute atomic E-state index is 0.0951. The number of benzene rings is 1. The van der Waals surface area contributed by atoms with Crippen molar-refractivity contribution < 1.29 is 15.0 Å². The number of rotatable bonds is 2. The van der Waals surface area contributed by atoms with Gasteiger partial charge < -0.3 is 10.2 Å². The number of aromatic hydroxyl groups is 2. The van der Waals surface area contributed by atoms with E-state index in [0.717, 1.165) is 24.8 Å². The van der Waals surface area contributed by atoms with Crippen LogP contribution in [-0.4, -0.2) is 16.0 Å². The fourth-order valence-corrected chi connectivity index (χ4v) is 2.25. The van der Waals surface area contributed by atoms with E-state index in [0.29, 0.717) is 18.6 Å². The molecule has 0 aliphatic heterocycles. The molecule has 2 N–H and O–H groups in total. The van der Waals surface area contributed by atoms with Crippen LogP contribution in [0.25, 0.3) is 0 Å². The quantitative estimate of drug-likeness (QED) is 0.752. The van der Waals surface area contributed by atoms with E-state index in [1.165, 1.54) is 12.1 Å². The molecule has 3 nitrogen and oxygen atoms in total. The van der Waals surface area contributed by atoms with Crippen molar-refractivity contribution in [3.8, 4) is 11.5 Å². The Kier molecular flexibility index (Phi) is 3.13. The van der Waals surface area contributed by atoms with Crippen LogP contribution in [0.5, 0.6) is 11.5 Å². The summed E-state index contributed by atoms with van der Waals surface area (Å²) in [4.78, 5) is 11.6. The molecule has 0 amide bonds. The van der Waals surface area contributed by atoms with E-state index >= 15 is 0 Å². The molecule has 0 bridgehead atoms. The minimum atomic E-state index is -0.112. The van der Waals surface area contributed by atoms with Gasteiger partial charge in [0.2, 0.25) is 0 Å². The van der Waals surface area contributed by atoms with E-state index in [9.17, 15) is 15.0 Å². The van der Waals surface area contributed by atoms with Gasteiger partial charge in [0.1, 0.15) is 5.78 Å². The Morgan fingerprint density at radius 3 is 2.69 bits per heavy atom. The summed E-state index contributed by atoms with van der Waals surface area (Å²) in [6.07, 6.45) is 4.43. The van der Waals surface area contributed by atoms with Crippen LogP contribution in [0.3, 0.4) is 0 Å². The van der Waals surface area contributed by atoms with Crippen molar-refractivity contribution in [3.05, 3.63) is 23.8 Å². The summed E-state index contributed by atoms with van der Waals surface area (Å²) in [5.74, 6) is 0.205. The second-order valence-corrected chi connectivity index (χ2v) is 4.44. The molecule has 3 heteroatoms. The van der Waals surface area contributed by atoms with E-state index in [2.05, 4.69) is 0 Å². The van der Waals surface area contributed by atoms with E-state index in [4.69, 9.17) is 0 Å². The SMILES string of the molecule is O=C1CCCC[C@H]1Cc1ccc(O)c(O)c1. The van der Waals surface area contributed by atoms with Crippen LogP contribution < -0.4 is 0 Å². The first-order valence-electron chi connectivity index (χ1n) is 5.70. The zero-order valence-electron chi connectivity index (χ0n) is 9.15. The molecular formula is C13H16O3. The molecule has 0 saturated heterocycles. The summed E-state index contributed by atoms with van der Waals surface area (Å²) in [6.45, 7) is 0. The van der Waals surface area contributed by atoms with Gasteiger partial charge in [0, 0.05) is 12.3 Å². The molecule has 0 spiro atoms. The third-order valence-electron chi connectivity index (χ3n) is 3.20. The van der Waals surface area contributed by atoms with Crippen molar-refractivity contribution in [1.82, 2.24) is 0 Å². The molecule has 0 heterocycles. The number of hydrogen-bond acceptors (Lipinski definition) is 3. The molecule has 86 valence electrons. The van der Waals surface area contributed by atoms with E-state index in [-0.39, 0.29) is 17.4 Å². The van der Waals surface area contributed by atoms with Gasteiger partial charge in [-0.15, -0.1) is 0 Å². The summed E-state index contributed by atoms with van der Waals surface area (Å²) in [5.41, 5.74) is 0.913. The van der Waals surface area contributed by atoms with Crippen molar-refractivity contribution in [2.75, 3.05) is 0 Å². The lowest BCUT2D eigenvalue weighted by Crippen LogP contribution is -2.20. The van der Waals surface area contributed by atoms with Gasteiger partial charge >= 0.3 is 0 Å². The maximum absolute atomic E-state index is 11.6. The third kappa shape index (κ3) is 2.35. The first kappa shape index (κ1) is 11.0. The number of carbonyl (C=O) groups excluding carboxylic acids is 1. The first-order chi connectivity index (χ1) is 7.66. The molecule has 1 aromatic rings. The molecule has 1 saturated carbocycles. The van der Waals surface area contributed by atoms with Gasteiger partial charge in [-0.05, 0) is 37.0 Å². The number of ketones is 1. The Balaban J connectivity index is 2.08. The molecule has 1 atom stereocenters. The highest BCUT2D eigenvalue weighted by molar-refractivity contribution is 5.81. The maximum atomic E-state index is 11.6. The van der Waals surface area contributed by atoms with Crippen LogP contribution in [0.1, 0.15) is 31.2 Å². The summed E-state index contributed by atoms with van der Waals surface area (Å²) in [7, 11) is 0. The summed E-state index contributed by atoms with van der Waals surface area (Å²) in [6, 6.07) is 4.77. The highest BCUT2D eigenvalue weighted by Gasteiger charge is 2.22. The smallest absolute Gasteiger partial charge is 0.157 e.